The molecule has 0 aromatic carbocycles. The van der Waals surface area contributed by atoms with E-state index in [1.54, 1.807) is 7.11 Å². The van der Waals surface area contributed by atoms with E-state index in [2.05, 4.69) is 20.8 Å². The van der Waals surface area contributed by atoms with Crippen molar-refractivity contribution in [2.75, 3.05) is 27.1 Å². The monoisotopic (exact) mass is 414 g/mol. The minimum atomic E-state index is 0.195. The normalized spacial score (nSPS) is 12.0. The molecule has 0 aromatic rings. The van der Waals surface area contributed by atoms with Gasteiger partial charge in [0.15, 0.2) is 12.6 Å². The molecule has 0 amide bonds. The van der Waals surface area contributed by atoms with Gasteiger partial charge in [0.05, 0.1) is 13.2 Å². The standard InChI is InChI=1S/C25H50O4/c1-5-8-10-12-14-16-18-21-27-24(20-7-3)25(29-23-26-4)28-22-19-17-15-13-11-9-6-2/h5-23H2,1-4H3. The minimum absolute atomic E-state index is 0.195. The van der Waals surface area contributed by atoms with E-state index in [1.165, 1.54) is 77.0 Å². The molecule has 0 saturated carbocycles. The molecule has 174 valence electrons. The van der Waals surface area contributed by atoms with Crippen LogP contribution in [0.2, 0.25) is 0 Å². The molecule has 0 aromatic heterocycles. The predicted octanol–water partition coefficient (Wildman–Crippen LogP) is 8.11. The van der Waals surface area contributed by atoms with Crippen LogP contribution in [0.25, 0.3) is 0 Å². The first-order valence-electron chi connectivity index (χ1n) is 12.4. The fourth-order valence-corrected chi connectivity index (χ4v) is 3.25. The molecule has 0 fully saturated rings. The number of methoxy groups -OCH3 is 1. The Labute approximate surface area is 181 Å². The SMILES string of the molecule is CCCCCCCCCOC(CCC)=C(OCCCCCCCCC)OCOC. The van der Waals surface area contributed by atoms with Crippen LogP contribution in [-0.4, -0.2) is 27.1 Å². The van der Waals surface area contributed by atoms with Crippen molar-refractivity contribution in [1.82, 2.24) is 0 Å². The summed E-state index contributed by atoms with van der Waals surface area (Å²) in [4.78, 5) is 0. The molecule has 0 aliphatic carbocycles. The van der Waals surface area contributed by atoms with Gasteiger partial charge < -0.3 is 18.9 Å². The van der Waals surface area contributed by atoms with Gasteiger partial charge in [-0.05, 0) is 19.3 Å². The van der Waals surface area contributed by atoms with E-state index < -0.39 is 0 Å². The Kier molecular flexibility index (Phi) is 22.7. The zero-order valence-electron chi connectivity index (χ0n) is 20.1. The van der Waals surface area contributed by atoms with Crippen LogP contribution in [0.3, 0.4) is 0 Å². The number of hydrogen-bond acceptors (Lipinski definition) is 4. The van der Waals surface area contributed by atoms with Gasteiger partial charge in [-0.25, -0.2) is 0 Å². The predicted molar refractivity (Wildman–Crippen MR) is 123 cm³/mol. The molecule has 4 nitrogen and oxygen atoms in total. The number of unbranched alkanes of at least 4 members (excludes halogenated alkanes) is 12. The Bertz CT molecular complexity index is 355. The molecule has 0 radical (unpaired) electrons. The van der Waals surface area contributed by atoms with Crippen molar-refractivity contribution in [3.63, 3.8) is 0 Å². The average Bonchev–Trinajstić information content (AvgIpc) is 2.73. The zero-order chi connectivity index (χ0) is 21.4. The van der Waals surface area contributed by atoms with E-state index in [9.17, 15) is 0 Å². The molecular formula is C25H50O4. The summed E-state index contributed by atoms with van der Waals surface area (Å²) in [6.45, 7) is 8.28. The molecule has 0 rings (SSSR count). The molecule has 0 atom stereocenters. The van der Waals surface area contributed by atoms with Crippen molar-refractivity contribution < 1.29 is 18.9 Å². The van der Waals surface area contributed by atoms with E-state index in [1.807, 2.05) is 0 Å². The van der Waals surface area contributed by atoms with Gasteiger partial charge in [0.2, 0.25) is 0 Å². The third-order valence-corrected chi connectivity index (χ3v) is 5.02. The van der Waals surface area contributed by atoms with Crippen LogP contribution in [0.4, 0.5) is 0 Å². The summed E-state index contributed by atoms with van der Waals surface area (Å²) in [5.41, 5.74) is 0. The molecule has 29 heavy (non-hydrogen) atoms. The van der Waals surface area contributed by atoms with Gasteiger partial charge in [-0.3, -0.25) is 0 Å². The number of allylic oxidation sites excluding steroid dienone is 1. The first kappa shape index (κ1) is 28.1. The fourth-order valence-electron chi connectivity index (χ4n) is 3.25. The van der Waals surface area contributed by atoms with Crippen LogP contribution in [0.15, 0.2) is 11.7 Å². The minimum Gasteiger partial charge on any atom is -0.491 e. The Morgan fingerprint density at radius 1 is 0.517 bits per heavy atom. The Balaban J connectivity index is 4.24. The Hall–Kier alpha value is -0.900. The maximum absolute atomic E-state index is 6.07. The lowest BCUT2D eigenvalue weighted by atomic mass is 10.1. The lowest BCUT2D eigenvalue weighted by Crippen LogP contribution is -2.09. The second kappa shape index (κ2) is 23.4. The molecular weight excluding hydrogens is 364 g/mol. The van der Waals surface area contributed by atoms with Crippen LogP contribution >= 0.6 is 0 Å². The molecule has 0 saturated heterocycles. The van der Waals surface area contributed by atoms with Gasteiger partial charge in [-0.15, -0.1) is 0 Å². The molecule has 0 aliphatic heterocycles. The molecule has 0 aliphatic rings. The van der Waals surface area contributed by atoms with Crippen LogP contribution in [-0.2, 0) is 18.9 Å². The van der Waals surface area contributed by atoms with Crippen LogP contribution in [0.1, 0.15) is 124 Å². The van der Waals surface area contributed by atoms with E-state index in [0.717, 1.165) is 38.0 Å². The molecule has 0 spiro atoms. The highest BCUT2D eigenvalue weighted by Crippen LogP contribution is 2.18. The number of ether oxygens (including phenoxy) is 4. The lowest BCUT2D eigenvalue weighted by molar-refractivity contribution is -0.0691. The van der Waals surface area contributed by atoms with E-state index in [-0.39, 0.29) is 6.79 Å². The van der Waals surface area contributed by atoms with Crippen molar-refractivity contribution >= 4 is 0 Å². The quantitative estimate of drug-likeness (QED) is 0.0961. The topological polar surface area (TPSA) is 36.9 Å². The molecule has 0 bridgehead atoms. The summed E-state index contributed by atoms with van der Waals surface area (Å²) >= 11 is 0. The third kappa shape index (κ3) is 18.8. The van der Waals surface area contributed by atoms with Crippen LogP contribution < -0.4 is 0 Å². The van der Waals surface area contributed by atoms with Gasteiger partial charge in [0.1, 0.15) is 0 Å². The zero-order valence-corrected chi connectivity index (χ0v) is 20.1. The van der Waals surface area contributed by atoms with Gasteiger partial charge in [0.25, 0.3) is 0 Å². The summed E-state index contributed by atoms with van der Waals surface area (Å²) in [6.07, 6.45) is 19.7. The molecule has 0 heterocycles. The lowest BCUT2D eigenvalue weighted by Gasteiger charge is -2.17. The summed E-state index contributed by atoms with van der Waals surface area (Å²) in [7, 11) is 1.63. The van der Waals surface area contributed by atoms with Gasteiger partial charge in [-0.2, -0.15) is 0 Å². The number of hydrogen-bond donors (Lipinski definition) is 0. The Morgan fingerprint density at radius 2 is 1.00 bits per heavy atom. The third-order valence-electron chi connectivity index (χ3n) is 5.02. The molecule has 0 unspecified atom stereocenters. The second-order valence-corrected chi connectivity index (χ2v) is 7.95. The van der Waals surface area contributed by atoms with Crippen molar-refractivity contribution in [3.8, 4) is 0 Å². The van der Waals surface area contributed by atoms with Gasteiger partial charge >= 0.3 is 5.95 Å². The van der Waals surface area contributed by atoms with Crippen molar-refractivity contribution in [3.05, 3.63) is 11.7 Å². The first-order chi connectivity index (χ1) is 14.3. The highest BCUT2D eigenvalue weighted by Gasteiger charge is 2.12. The maximum atomic E-state index is 6.07. The summed E-state index contributed by atoms with van der Waals surface area (Å²) in [6, 6.07) is 0. The second-order valence-electron chi connectivity index (χ2n) is 7.95. The summed E-state index contributed by atoms with van der Waals surface area (Å²) in [5, 5.41) is 0. The summed E-state index contributed by atoms with van der Waals surface area (Å²) in [5.74, 6) is 1.38. The molecule has 4 heteroatoms. The van der Waals surface area contributed by atoms with Crippen molar-refractivity contribution in [2.45, 2.75) is 124 Å². The smallest absolute Gasteiger partial charge is 0.321 e. The van der Waals surface area contributed by atoms with Gasteiger partial charge in [0, 0.05) is 13.5 Å². The summed E-state index contributed by atoms with van der Waals surface area (Å²) < 4.78 is 22.8. The number of rotatable bonds is 23. The maximum Gasteiger partial charge on any atom is 0.321 e. The molecule has 0 N–H and O–H groups in total. The van der Waals surface area contributed by atoms with Crippen molar-refractivity contribution in [2.24, 2.45) is 0 Å². The van der Waals surface area contributed by atoms with E-state index in [0.29, 0.717) is 12.6 Å². The van der Waals surface area contributed by atoms with Crippen LogP contribution in [0, 0.1) is 0 Å². The highest BCUT2D eigenvalue weighted by atomic mass is 16.7. The highest BCUT2D eigenvalue weighted by molar-refractivity contribution is 4.95. The largest absolute Gasteiger partial charge is 0.491 e. The average molecular weight is 415 g/mol. The van der Waals surface area contributed by atoms with E-state index in [4.69, 9.17) is 18.9 Å². The Morgan fingerprint density at radius 3 is 1.48 bits per heavy atom. The van der Waals surface area contributed by atoms with Gasteiger partial charge in [-0.1, -0.05) is 97.8 Å². The van der Waals surface area contributed by atoms with Crippen molar-refractivity contribution in [1.29, 1.82) is 0 Å². The fraction of sp³-hybridized carbons (Fsp3) is 0.920. The van der Waals surface area contributed by atoms with Crippen LogP contribution in [0.5, 0.6) is 0 Å². The first-order valence-corrected chi connectivity index (χ1v) is 12.4. The van der Waals surface area contributed by atoms with E-state index >= 15 is 0 Å².